The molecular weight excluding hydrogens is 264 g/mol. The maximum atomic E-state index is 12.3. The zero-order valence-corrected chi connectivity index (χ0v) is 13.8. The van der Waals surface area contributed by atoms with Gasteiger partial charge in [-0.15, -0.1) is 0 Å². The Hall–Kier alpha value is -1.65. The van der Waals surface area contributed by atoms with Gasteiger partial charge in [-0.3, -0.25) is 4.79 Å². The van der Waals surface area contributed by atoms with Crippen molar-refractivity contribution in [1.82, 2.24) is 19.7 Å². The summed E-state index contributed by atoms with van der Waals surface area (Å²) < 4.78 is 1.97. The van der Waals surface area contributed by atoms with Gasteiger partial charge in [0.15, 0.2) is 0 Å². The largest absolute Gasteiger partial charge is 0.337 e. The Morgan fingerprint density at radius 3 is 2.62 bits per heavy atom. The lowest BCUT2D eigenvalue weighted by molar-refractivity contribution is -0.127. The van der Waals surface area contributed by atoms with Crippen LogP contribution in [0.2, 0.25) is 0 Å². The van der Waals surface area contributed by atoms with Gasteiger partial charge in [0.05, 0.1) is 6.04 Å². The fourth-order valence-electron chi connectivity index (χ4n) is 2.66. The van der Waals surface area contributed by atoms with Gasteiger partial charge in [0.2, 0.25) is 5.91 Å². The van der Waals surface area contributed by atoms with Gasteiger partial charge in [-0.25, -0.2) is 9.67 Å². The molecule has 1 atom stereocenters. The number of carbonyl (C=O) groups excluding carboxylic acids is 1. The van der Waals surface area contributed by atoms with Gasteiger partial charge in [0.1, 0.15) is 11.6 Å². The van der Waals surface area contributed by atoms with E-state index < -0.39 is 0 Å². The monoisotopic (exact) mass is 290 g/mol. The average Bonchev–Trinajstić information content (AvgIpc) is 2.74. The highest BCUT2D eigenvalue weighted by Gasteiger charge is 2.25. The molecule has 0 bridgehead atoms. The van der Waals surface area contributed by atoms with E-state index >= 15 is 0 Å². The minimum absolute atomic E-state index is 0.0322. The lowest BCUT2D eigenvalue weighted by atomic mass is 9.96. The Kier molecular flexibility index (Phi) is 4.49. The molecule has 1 fully saturated rings. The van der Waals surface area contributed by atoms with Gasteiger partial charge < -0.3 is 4.90 Å². The molecule has 1 aromatic heterocycles. The fourth-order valence-corrected chi connectivity index (χ4v) is 2.66. The Balaban J connectivity index is 2.06. The molecule has 116 valence electrons. The Morgan fingerprint density at radius 1 is 1.33 bits per heavy atom. The number of rotatable bonds is 2. The molecule has 0 N–H and O–H groups in total. The number of hydrogen-bond acceptors (Lipinski definition) is 3. The van der Waals surface area contributed by atoms with Crippen LogP contribution in [0.5, 0.6) is 0 Å². The summed E-state index contributed by atoms with van der Waals surface area (Å²) in [5.74, 6) is 1.82. The smallest absolute Gasteiger partial charge is 0.246 e. The maximum Gasteiger partial charge on any atom is 0.246 e. The Morgan fingerprint density at radius 2 is 2.05 bits per heavy atom. The van der Waals surface area contributed by atoms with E-state index in [1.54, 1.807) is 6.08 Å². The van der Waals surface area contributed by atoms with Crippen LogP contribution >= 0.6 is 0 Å². The van der Waals surface area contributed by atoms with Crippen molar-refractivity contribution in [3.05, 3.63) is 23.8 Å². The Bertz CT molecular complexity index is 539. The van der Waals surface area contributed by atoms with Crippen molar-refractivity contribution < 1.29 is 4.79 Å². The maximum absolute atomic E-state index is 12.3. The minimum atomic E-state index is 0.0322. The van der Waals surface area contributed by atoms with E-state index in [4.69, 9.17) is 0 Å². The summed E-state index contributed by atoms with van der Waals surface area (Å²) in [5, 5.41) is 4.46. The standard InChI is InChI=1S/C16H26N4O/c1-12-17-13(2)20(18-12)14-7-6-10-19(11-14)15(21)8-9-16(3,4)5/h8-9,14H,6-7,10-11H2,1-5H3/b9-8+. The second-order valence-corrected chi connectivity index (χ2v) is 6.93. The lowest BCUT2D eigenvalue weighted by Crippen LogP contribution is -2.40. The number of aromatic nitrogens is 3. The van der Waals surface area contributed by atoms with Crippen LogP contribution in [0.15, 0.2) is 12.2 Å². The van der Waals surface area contributed by atoms with E-state index in [0.717, 1.165) is 37.6 Å². The van der Waals surface area contributed by atoms with E-state index in [1.807, 2.05) is 29.5 Å². The van der Waals surface area contributed by atoms with Crippen LogP contribution in [0.1, 0.15) is 51.3 Å². The van der Waals surface area contributed by atoms with Gasteiger partial charge in [-0.1, -0.05) is 26.8 Å². The van der Waals surface area contributed by atoms with Crippen LogP contribution in [0, 0.1) is 19.3 Å². The third-order valence-corrected chi connectivity index (χ3v) is 3.69. The van der Waals surface area contributed by atoms with Crippen LogP contribution in [0.3, 0.4) is 0 Å². The van der Waals surface area contributed by atoms with Crippen LogP contribution in [0.4, 0.5) is 0 Å². The van der Waals surface area contributed by atoms with E-state index in [-0.39, 0.29) is 17.4 Å². The molecule has 1 saturated heterocycles. The first kappa shape index (κ1) is 15.7. The van der Waals surface area contributed by atoms with Gasteiger partial charge in [0, 0.05) is 13.1 Å². The van der Waals surface area contributed by atoms with Gasteiger partial charge >= 0.3 is 0 Å². The quantitative estimate of drug-likeness (QED) is 0.787. The second-order valence-electron chi connectivity index (χ2n) is 6.93. The molecule has 2 rings (SSSR count). The average molecular weight is 290 g/mol. The fraction of sp³-hybridized carbons (Fsp3) is 0.688. The summed E-state index contributed by atoms with van der Waals surface area (Å²) >= 11 is 0. The number of carbonyl (C=O) groups is 1. The molecule has 0 radical (unpaired) electrons. The molecule has 1 aliphatic rings. The summed E-state index contributed by atoms with van der Waals surface area (Å²) in [5.41, 5.74) is 0.0322. The molecular formula is C16H26N4O. The zero-order chi connectivity index (χ0) is 15.6. The number of hydrogen-bond donors (Lipinski definition) is 0. The first-order valence-electron chi connectivity index (χ1n) is 7.64. The van der Waals surface area contributed by atoms with Crippen molar-refractivity contribution >= 4 is 5.91 Å². The SMILES string of the molecule is Cc1nc(C)n(C2CCCN(C(=O)/C=C/C(C)(C)C)C2)n1. The lowest BCUT2D eigenvalue weighted by Gasteiger charge is -2.32. The highest BCUT2D eigenvalue weighted by atomic mass is 16.2. The number of nitrogens with zero attached hydrogens (tertiary/aromatic N) is 4. The van der Waals surface area contributed by atoms with Crippen LogP contribution in [-0.4, -0.2) is 38.7 Å². The van der Waals surface area contributed by atoms with E-state index in [1.165, 1.54) is 0 Å². The van der Waals surface area contributed by atoms with E-state index in [2.05, 4.69) is 30.9 Å². The third-order valence-electron chi connectivity index (χ3n) is 3.69. The van der Waals surface area contributed by atoms with Crippen LogP contribution < -0.4 is 0 Å². The number of likely N-dealkylation sites (tertiary alicyclic amines) is 1. The zero-order valence-electron chi connectivity index (χ0n) is 13.8. The summed E-state index contributed by atoms with van der Waals surface area (Å²) in [6, 6.07) is 0.243. The normalized spacial score (nSPS) is 20.2. The first-order chi connectivity index (χ1) is 9.76. The van der Waals surface area contributed by atoms with Crippen LogP contribution in [0.25, 0.3) is 0 Å². The van der Waals surface area contributed by atoms with Crippen LogP contribution in [-0.2, 0) is 4.79 Å². The molecule has 5 heteroatoms. The van der Waals surface area contributed by atoms with Gasteiger partial charge in [0.25, 0.3) is 0 Å². The predicted octanol–water partition coefficient (Wildman–Crippen LogP) is 2.66. The van der Waals surface area contributed by atoms with E-state index in [0.29, 0.717) is 0 Å². The highest BCUT2D eigenvalue weighted by Crippen LogP contribution is 2.23. The molecule has 0 aromatic carbocycles. The molecule has 0 spiro atoms. The van der Waals surface area contributed by atoms with Crippen molar-refractivity contribution in [2.24, 2.45) is 5.41 Å². The number of amides is 1. The predicted molar refractivity (Wildman–Crippen MR) is 82.9 cm³/mol. The van der Waals surface area contributed by atoms with Crippen molar-refractivity contribution in [2.75, 3.05) is 13.1 Å². The van der Waals surface area contributed by atoms with Crippen molar-refractivity contribution in [1.29, 1.82) is 0 Å². The topological polar surface area (TPSA) is 51.0 Å². The minimum Gasteiger partial charge on any atom is -0.337 e. The molecule has 0 aliphatic carbocycles. The van der Waals surface area contributed by atoms with Gasteiger partial charge in [-0.2, -0.15) is 5.10 Å². The van der Waals surface area contributed by atoms with Crippen molar-refractivity contribution in [3.63, 3.8) is 0 Å². The van der Waals surface area contributed by atoms with E-state index in [9.17, 15) is 4.79 Å². The molecule has 21 heavy (non-hydrogen) atoms. The first-order valence-corrected chi connectivity index (χ1v) is 7.64. The molecule has 5 nitrogen and oxygen atoms in total. The molecule has 1 aromatic rings. The van der Waals surface area contributed by atoms with Crippen molar-refractivity contribution in [2.45, 2.75) is 53.5 Å². The summed E-state index contributed by atoms with van der Waals surface area (Å²) in [6.45, 7) is 11.7. The molecule has 1 amide bonds. The number of aryl methyl sites for hydroxylation is 2. The summed E-state index contributed by atoms with van der Waals surface area (Å²) in [4.78, 5) is 18.6. The Labute approximate surface area is 127 Å². The highest BCUT2D eigenvalue weighted by molar-refractivity contribution is 5.87. The second kappa shape index (κ2) is 6.00. The number of allylic oxidation sites excluding steroid dienone is 1. The molecule has 0 saturated carbocycles. The molecule has 2 heterocycles. The summed E-state index contributed by atoms with van der Waals surface area (Å²) in [6.07, 6.45) is 5.75. The number of piperidine rings is 1. The van der Waals surface area contributed by atoms with Gasteiger partial charge in [-0.05, 0) is 38.2 Å². The van der Waals surface area contributed by atoms with Crippen molar-refractivity contribution in [3.8, 4) is 0 Å². The summed E-state index contributed by atoms with van der Waals surface area (Å²) in [7, 11) is 0. The molecule has 1 aliphatic heterocycles. The molecule has 1 unspecified atom stereocenters. The third kappa shape index (κ3) is 4.16.